The number of rotatable bonds is 3. The van der Waals surface area contributed by atoms with E-state index in [1.54, 1.807) is 4.90 Å². The third-order valence-corrected chi connectivity index (χ3v) is 3.05. The van der Waals surface area contributed by atoms with Crippen LogP contribution in [0.5, 0.6) is 0 Å². The molecule has 0 aromatic carbocycles. The number of carbonyl (C=O) groups excluding carboxylic acids is 1. The molecule has 0 aliphatic rings. The average molecular weight is 211 g/mol. The first kappa shape index (κ1) is 11.2. The van der Waals surface area contributed by atoms with Gasteiger partial charge in [0, 0.05) is 13.6 Å². The highest BCUT2D eigenvalue weighted by atomic mass is 32.1. The van der Waals surface area contributed by atoms with Gasteiger partial charge in [-0.2, -0.15) is 0 Å². The van der Waals surface area contributed by atoms with E-state index in [1.165, 1.54) is 11.3 Å². The van der Waals surface area contributed by atoms with Gasteiger partial charge in [0.05, 0.1) is 4.88 Å². The summed E-state index contributed by atoms with van der Waals surface area (Å²) >= 11 is 1.52. The minimum atomic E-state index is 0.145. The maximum absolute atomic E-state index is 11.9. The molecule has 0 bridgehead atoms. The van der Waals surface area contributed by atoms with Crippen molar-refractivity contribution in [2.45, 2.75) is 20.8 Å². The predicted molar refractivity (Wildman–Crippen MR) is 60.9 cm³/mol. The minimum Gasteiger partial charge on any atom is -0.341 e. The Labute approximate surface area is 89.5 Å². The van der Waals surface area contributed by atoms with Gasteiger partial charge in [0.25, 0.3) is 5.91 Å². The number of carbonyl (C=O) groups is 1. The lowest BCUT2D eigenvalue weighted by Crippen LogP contribution is -2.30. The maximum atomic E-state index is 11.9. The summed E-state index contributed by atoms with van der Waals surface area (Å²) in [6.45, 7) is 7.03. The van der Waals surface area contributed by atoms with Crippen molar-refractivity contribution in [3.05, 3.63) is 21.9 Å². The van der Waals surface area contributed by atoms with Crippen molar-refractivity contribution in [3.8, 4) is 0 Å². The van der Waals surface area contributed by atoms with Gasteiger partial charge in [-0.25, -0.2) is 0 Å². The number of hydrogen-bond donors (Lipinski definition) is 0. The average Bonchev–Trinajstić information content (AvgIpc) is 2.48. The number of amides is 1. The summed E-state index contributed by atoms with van der Waals surface area (Å²) in [5.74, 6) is 0.662. The van der Waals surface area contributed by atoms with Gasteiger partial charge in [-0.15, -0.1) is 11.3 Å². The fourth-order valence-electron chi connectivity index (χ4n) is 1.40. The van der Waals surface area contributed by atoms with Gasteiger partial charge in [-0.05, 0) is 29.9 Å². The molecule has 1 amide bonds. The molecule has 78 valence electrons. The van der Waals surface area contributed by atoms with Crippen molar-refractivity contribution in [2.75, 3.05) is 13.6 Å². The largest absolute Gasteiger partial charge is 0.341 e. The van der Waals surface area contributed by atoms with Crippen LogP contribution in [0.2, 0.25) is 0 Å². The monoisotopic (exact) mass is 211 g/mol. The summed E-state index contributed by atoms with van der Waals surface area (Å²) < 4.78 is 0. The molecule has 3 heteroatoms. The Hall–Kier alpha value is -0.830. The fraction of sp³-hybridized carbons (Fsp3) is 0.545. The molecule has 0 aliphatic heterocycles. The van der Waals surface area contributed by atoms with Crippen LogP contribution >= 0.6 is 11.3 Å². The molecule has 1 aromatic rings. The summed E-state index contributed by atoms with van der Waals surface area (Å²) in [5, 5.41) is 1.96. The highest BCUT2D eigenvalue weighted by Gasteiger charge is 2.15. The van der Waals surface area contributed by atoms with Crippen molar-refractivity contribution in [3.63, 3.8) is 0 Å². The Bertz CT molecular complexity index is 317. The third-order valence-electron chi connectivity index (χ3n) is 2.04. The molecule has 0 fully saturated rings. The molecule has 0 aliphatic carbocycles. The van der Waals surface area contributed by atoms with Gasteiger partial charge in [-0.3, -0.25) is 4.79 Å². The molecule has 0 atom stereocenters. The van der Waals surface area contributed by atoms with Crippen LogP contribution < -0.4 is 0 Å². The second-order valence-electron chi connectivity index (χ2n) is 4.01. The summed E-state index contributed by atoms with van der Waals surface area (Å²) in [6.07, 6.45) is 0. The lowest BCUT2D eigenvalue weighted by molar-refractivity contribution is 0.0783. The van der Waals surface area contributed by atoms with Gasteiger partial charge >= 0.3 is 0 Å². The zero-order valence-electron chi connectivity index (χ0n) is 9.20. The third kappa shape index (κ3) is 2.58. The van der Waals surface area contributed by atoms with Crippen LogP contribution in [-0.2, 0) is 0 Å². The SMILES string of the molecule is Cc1ccsc1C(=O)N(C)CC(C)C. The summed E-state index contributed by atoms with van der Waals surface area (Å²) in [4.78, 5) is 14.6. The molecular formula is C11H17NOS. The fourth-order valence-corrected chi connectivity index (χ4v) is 2.31. The van der Waals surface area contributed by atoms with E-state index in [1.807, 2.05) is 25.4 Å². The lowest BCUT2D eigenvalue weighted by atomic mass is 10.2. The van der Waals surface area contributed by atoms with E-state index in [-0.39, 0.29) is 5.91 Å². The summed E-state index contributed by atoms with van der Waals surface area (Å²) in [5.41, 5.74) is 1.08. The molecule has 1 aromatic heterocycles. The Morgan fingerprint density at radius 2 is 2.21 bits per heavy atom. The Morgan fingerprint density at radius 1 is 1.57 bits per heavy atom. The van der Waals surface area contributed by atoms with E-state index < -0.39 is 0 Å². The van der Waals surface area contributed by atoms with Gasteiger partial charge in [-0.1, -0.05) is 13.8 Å². The Balaban J connectivity index is 2.71. The molecule has 14 heavy (non-hydrogen) atoms. The summed E-state index contributed by atoms with van der Waals surface area (Å²) in [7, 11) is 1.86. The smallest absolute Gasteiger partial charge is 0.263 e. The van der Waals surface area contributed by atoms with Crippen LogP contribution in [0, 0.1) is 12.8 Å². The van der Waals surface area contributed by atoms with Crippen LogP contribution in [0.1, 0.15) is 29.1 Å². The van der Waals surface area contributed by atoms with Crippen molar-refractivity contribution in [2.24, 2.45) is 5.92 Å². The molecule has 1 heterocycles. The van der Waals surface area contributed by atoms with Crippen LogP contribution in [0.4, 0.5) is 0 Å². The van der Waals surface area contributed by atoms with Crippen LogP contribution in [0.15, 0.2) is 11.4 Å². The van der Waals surface area contributed by atoms with Crippen LogP contribution in [-0.4, -0.2) is 24.4 Å². The first-order chi connectivity index (χ1) is 6.52. The van der Waals surface area contributed by atoms with Gasteiger partial charge < -0.3 is 4.90 Å². The van der Waals surface area contributed by atoms with E-state index in [9.17, 15) is 4.79 Å². The van der Waals surface area contributed by atoms with Gasteiger partial charge in [0.15, 0.2) is 0 Å². The number of nitrogens with zero attached hydrogens (tertiary/aromatic N) is 1. The lowest BCUT2D eigenvalue weighted by Gasteiger charge is -2.18. The zero-order chi connectivity index (χ0) is 10.7. The second-order valence-corrected chi connectivity index (χ2v) is 4.93. The van der Waals surface area contributed by atoms with Crippen molar-refractivity contribution in [1.29, 1.82) is 0 Å². The van der Waals surface area contributed by atoms with E-state index in [4.69, 9.17) is 0 Å². The van der Waals surface area contributed by atoms with E-state index in [0.717, 1.165) is 17.0 Å². The molecule has 0 N–H and O–H groups in total. The molecule has 0 radical (unpaired) electrons. The number of hydrogen-bond acceptors (Lipinski definition) is 2. The number of thiophene rings is 1. The van der Waals surface area contributed by atoms with Gasteiger partial charge in [0.2, 0.25) is 0 Å². The normalized spacial score (nSPS) is 10.6. The van der Waals surface area contributed by atoms with Crippen molar-refractivity contribution in [1.82, 2.24) is 4.90 Å². The minimum absolute atomic E-state index is 0.145. The maximum Gasteiger partial charge on any atom is 0.263 e. The predicted octanol–water partition coefficient (Wildman–Crippen LogP) is 2.78. The van der Waals surface area contributed by atoms with Crippen molar-refractivity contribution >= 4 is 17.2 Å². The molecule has 1 rings (SSSR count). The number of aryl methyl sites for hydroxylation is 1. The Kier molecular flexibility index (Phi) is 3.69. The highest BCUT2D eigenvalue weighted by Crippen LogP contribution is 2.17. The molecular weight excluding hydrogens is 194 g/mol. The highest BCUT2D eigenvalue weighted by molar-refractivity contribution is 7.12. The first-order valence-corrected chi connectivity index (χ1v) is 5.70. The zero-order valence-corrected chi connectivity index (χ0v) is 10.0. The molecule has 0 spiro atoms. The van der Waals surface area contributed by atoms with E-state index in [0.29, 0.717) is 5.92 Å². The van der Waals surface area contributed by atoms with E-state index in [2.05, 4.69) is 13.8 Å². The Morgan fingerprint density at radius 3 is 2.64 bits per heavy atom. The van der Waals surface area contributed by atoms with Crippen LogP contribution in [0.25, 0.3) is 0 Å². The quantitative estimate of drug-likeness (QED) is 0.753. The second kappa shape index (κ2) is 4.60. The molecule has 2 nitrogen and oxygen atoms in total. The molecule has 0 unspecified atom stereocenters. The van der Waals surface area contributed by atoms with Crippen LogP contribution in [0.3, 0.4) is 0 Å². The first-order valence-electron chi connectivity index (χ1n) is 4.82. The topological polar surface area (TPSA) is 20.3 Å². The van der Waals surface area contributed by atoms with Crippen molar-refractivity contribution < 1.29 is 4.79 Å². The molecule has 0 saturated heterocycles. The van der Waals surface area contributed by atoms with E-state index >= 15 is 0 Å². The molecule has 0 saturated carbocycles. The van der Waals surface area contributed by atoms with Gasteiger partial charge in [0.1, 0.15) is 0 Å². The summed E-state index contributed by atoms with van der Waals surface area (Å²) in [6, 6.07) is 1.99. The standard InChI is InChI=1S/C11H17NOS/c1-8(2)7-12(4)11(13)10-9(3)5-6-14-10/h5-6,8H,7H2,1-4H3.